The minimum Gasteiger partial charge on any atom is -0.327 e. The molecule has 4 aliphatic rings. The van der Waals surface area contributed by atoms with Crippen LogP contribution in [-0.2, 0) is 16.1 Å². The maximum absolute atomic E-state index is 12.9. The van der Waals surface area contributed by atoms with Crippen molar-refractivity contribution in [3.63, 3.8) is 0 Å². The highest BCUT2D eigenvalue weighted by atomic mass is 16.2. The van der Waals surface area contributed by atoms with Gasteiger partial charge in [-0.05, 0) is 55.2 Å². The largest absolute Gasteiger partial charge is 0.327 e. The second kappa shape index (κ2) is 6.74. The number of nitrogens with one attached hydrogen (secondary N) is 2. The minimum absolute atomic E-state index is 0.117. The predicted octanol–water partition coefficient (Wildman–Crippen LogP) is 0.303. The molecule has 0 bridgehead atoms. The van der Waals surface area contributed by atoms with Crippen molar-refractivity contribution in [2.75, 3.05) is 0 Å². The molecule has 0 spiro atoms. The molecule has 1 aromatic rings. The first-order valence-corrected chi connectivity index (χ1v) is 10.3. The quantitative estimate of drug-likeness (QED) is 0.630. The second-order valence-corrected chi connectivity index (χ2v) is 8.70. The van der Waals surface area contributed by atoms with Crippen LogP contribution in [0.15, 0.2) is 18.2 Å². The van der Waals surface area contributed by atoms with Crippen LogP contribution in [0.2, 0.25) is 0 Å². The van der Waals surface area contributed by atoms with Gasteiger partial charge in [-0.2, -0.15) is 0 Å². The van der Waals surface area contributed by atoms with Gasteiger partial charge < -0.3 is 11.1 Å². The van der Waals surface area contributed by atoms with Crippen molar-refractivity contribution in [2.24, 2.45) is 17.6 Å². The topological polar surface area (TPSA) is 122 Å². The predicted molar refractivity (Wildman–Crippen MR) is 103 cm³/mol. The van der Waals surface area contributed by atoms with E-state index in [1.54, 1.807) is 12.1 Å². The highest BCUT2D eigenvalue weighted by molar-refractivity contribution is 6.23. The average molecular weight is 396 g/mol. The van der Waals surface area contributed by atoms with E-state index in [2.05, 4.69) is 10.6 Å². The van der Waals surface area contributed by atoms with Crippen molar-refractivity contribution >= 4 is 23.6 Å². The lowest BCUT2D eigenvalue weighted by Gasteiger charge is -2.37. The van der Waals surface area contributed by atoms with E-state index in [-0.39, 0.29) is 18.7 Å². The fourth-order valence-corrected chi connectivity index (χ4v) is 5.34. The van der Waals surface area contributed by atoms with Gasteiger partial charge in [0.15, 0.2) is 0 Å². The molecular weight excluding hydrogens is 372 g/mol. The van der Waals surface area contributed by atoms with E-state index in [9.17, 15) is 19.2 Å². The summed E-state index contributed by atoms with van der Waals surface area (Å²) in [5, 5.41) is 5.77. The third kappa shape index (κ3) is 2.98. The summed E-state index contributed by atoms with van der Waals surface area (Å²) < 4.78 is 0. The Morgan fingerprint density at radius 1 is 1.07 bits per heavy atom. The van der Waals surface area contributed by atoms with E-state index in [0.717, 1.165) is 35.6 Å². The number of hydrogen-bond acceptors (Lipinski definition) is 6. The summed E-state index contributed by atoms with van der Waals surface area (Å²) in [6.45, 7) is 0.618. The number of carbonyl (C=O) groups is 4. The van der Waals surface area contributed by atoms with Crippen molar-refractivity contribution in [3.8, 4) is 0 Å². The van der Waals surface area contributed by atoms with Crippen molar-refractivity contribution in [2.45, 2.75) is 56.8 Å². The highest BCUT2D eigenvalue weighted by Crippen LogP contribution is 2.46. The molecule has 8 heteroatoms. The molecule has 4 amide bonds. The van der Waals surface area contributed by atoms with Crippen molar-refractivity contribution in [3.05, 3.63) is 34.9 Å². The number of nitrogens with two attached hydrogens (primary N) is 1. The number of hydrogen-bond donors (Lipinski definition) is 3. The molecule has 152 valence electrons. The first kappa shape index (κ1) is 18.4. The van der Waals surface area contributed by atoms with Crippen LogP contribution < -0.4 is 16.4 Å². The zero-order chi connectivity index (χ0) is 20.3. The fraction of sp³-hybridized carbons (Fsp3) is 0.524. The van der Waals surface area contributed by atoms with Crippen LogP contribution >= 0.6 is 0 Å². The molecule has 29 heavy (non-hydrogen) atoms. The number of imide groups is 2. The Kier molecular flexibility index (Phi) is 4.29. The van der Waals surface area contributed by atoms with E-state index in [1.165, 1.54) is 0 Å². The van der Waals surface area contributed by atoms with Gasteiger partial charge in [0.1, 0.15) is 6.04 Å². The van der Waals surface area contributed by atoms with Gasteiger partial charge >= 0.3 is 0 Å². The molecule has 2 saturated carbocycles. The van der Waals surface area contributed by atoms with Crippen LogP contribution in [0.1, 0.15) is 58.4 Å². The third-order valence-electron chi connectivity index (χ3n) is 6.97. The SMILES string of the molecule is N[C@@H]1C[C@@H]2C[C@@H](NCc3ccc4c(c3)C(=O)N(C3CCC(=O)NC3=O)C4=O)C[C@@H]21. The Morgan fingerprint density at radius 2 is 1.86 bits per heavy atom. The first-order valence-electron chi connectivity index (χ1n) is 10.3. The first-order chi connectivity index (χ1) is 13.9. The molecule has 1 saturated heterocycles. The third-order valence-corrected chi connectivity index (χ3v) is 6.97. The normalized spacial score (nSPS) is 33.4. The zero-order valence-corrected chi connectivity index (χ0v) is 16.0. The Balaban J connectivity index is 1.28. The average Bonchev–Trinajstić information content (AvgIpc) is 3.15. The van der Waals surface area contributed by atoms with Crippen molar-refractivity contribution in [1.29, 1.82) is 0 Å². The number of carbonyl (C=O) groups excluding carboxylic acids is 4. The van der Waals surface area contributed by atoms with Crippen LogP contribution in [-0.4, -0.2) is 46.7 Å². The van der Waals surface area contributed by atoms with Gasteiger partial charge in [-0.3, -0.25) is 29.4 Å². The fourth-order valence-electron chi connectivity index (χ4n) is 5.34. The van der Waals surface area contributed by atoms with Gasteiger partial charge in [-0.15, -0.1) is 0 Å². The molecule has 8 nitrogen and oxygen atoms in total. The van der Waals surface area contributed by atoms with E-state index in [0.29, 0.717) is 35.7 Å². The van der Waals surface area contributed by atoms with Gasteiger partial charge in [0.2, 0.25) is 11.8 Å². The van der Waals surface area contributed by atoms with Gasteiger partial charge in [0.25, 0.3) is 11.8 Å². The molecule has 2 aliphatic heterocycles. The van der Waals surface area contributed by atoms with E-state index in [1.807, 2.05) is 6.07 Å². The summed E-state index contributed by atoms with van der Waals surface area (Å²) in [6.07, 6.45) is 3.64. The maximum atomic E-state index is 12.9. The monoisotopic (exact) mass is 396 g/mol. The lowest BCUT2D eigenvalue weighted by Crippen LogP contribution is -2.54. The van der Waals surface area contributed by atoms with Crippen LogP contribution in [0.5, 0.6) is 0 Å². The van der Waals surface area contributed by atoms with Crippen LogP contribution in [0.25, 0.3) is 0 Å². The summed E-state index contributed by atoms with van der Waals surface area (Å²) in [4.78, 5) is 50.1. The molecule has 0 radical (unpaired) electrons. The molecule has 5 rings (SSSR count). The van der Waals surface area contributed by atoms with E-state index < -0.39 is 23.8 Å². The zero-order valence-electron chi connectivity index (χ0n) is 16.0. The molecule has 1 unspecified atom stereocenters. The summed E-state index contributed by atoms with van der Waals surface area (Å²) >= 11 is 0. The summed E-state index contributed by atoms with van der Waals surface area (Å²) in [5.74, 6) is -0.534. The summed E-state index contributed by atoms with van der Waals surface area (Å²) in [7, 11) is 0. The minimum atomic E-state index is -0.931. The van der Waals surface area contributed by atoms with E-state index in [4.69, 9.17) is 5.73 Å². The number of piperidine rings is 1. The Labute approximate surface area is 168 Å². The summed E-state index contributed by atoms with van der Waals surface area (Å²) in [5.41, 5.74) is 7.63. The summed E-state index contributed by atoms with van der Waals surface area (Å²) in [6, 6.07) is 5.09. The number of benzene rings is 1. The van der Waals surface area contributed by atoms with Gasteiger partial charge in [0.05, 0.1) is 11.1 Å². The van der Waals surface area contributed by atoms with Crippen LogP contribution in [0.4, 0.5) is 0 Å². The Morgan fingerprint density at radius 3 is 2.59 bits per heavy atom. The number of amides is 4. The smallest absolute Gasteiger partial charge is 0.262 e. The Hall–Kier alpha value is -2.58. The molecule has 0 aromatic heterocycles. The highest BCUT2D eigenvalue weighted by Gasteiger charge is 2.46. The molecule has 5 atom stereocenters. The lowest BCUT2D eigenvalue weighted by molar-refractivity contribution is -0.136. The van der Waals surface area contributed by atoms with Crippen LogP contribution in [0, 0.1) is 11.8 Å². The lowest BCUT2D eigenvalue weighted by atomic mass is 9.72. The number of rotatable bonds is 4. The van der Waals surface area contributed by atoms with Gasteiger partial charge in [0, 0.05) is 25.0 Å². The number of fused-ring (bicyclic) bond motifs is 2. The second-order valence-electron chi connectivity index (χ2n) is 8.70. The standard InChI is InChI=1S/C21H24N4O4/c22-16-7-11-6-12(8-14(11)16)23-9-10-1-2-13-15(5-10)21(29)25(20(13)28)17-3-4-18(26)24-19(17)27/h1-2,5,11-12,14,16-17,23H,3-4,6-9,22H2,(H,24,26,27)/t11-,12+,14-,16+,17?/m0/s1. The van der Waals surface area contributed by atoms with E-state index >= 15 is 0 Å². The molecule has 1 aromatic carbocycles. The van der Waals surface area contributed by atoms with Gasteiger partial charge in [-0.1, -0.05) is 6.07 Å². The van der Waals surface area contributed by atoms with Crippen molar-refractivity contribution < 1.29 is 19.2 Å². The maximum Gasteiger partial charge on any atom is 0.262 e. The Bertz CT molecular complexity index is 929. The number of nitrogens with zero attached hydrogens (tertiary/aromatic N) is 1. The molecule has 3 fully saturated rings. The van der Waals surface area contributed by atoms with Gasteiger partial charge in [-0.25, -0.2) is 0 Å². The van der Waals surface area contributed by atoms with Crippen molar-refractivity contribution in [1.82, 2.24) is 15.5 Å². The molecule has 2 heterocycles. The molecule has 2 aliphatic carbocycles. The van der Waals surface area contributed by atoms with Crippen LogP contribution in [0.3, 0.4) is 0 Å². The molecule has 4 N–H and O–H groups in total. The molecular formula is C21H24N4O4.